The largest absolute Gasteiger partial charge is 0.355 e. The minimum Gasteiger partial charge on any atom is -0.355 e. The van der Waals surface area contributed by atoms with Gasteiger partial charge in [-0.2, -0.15) is 0 Å². The molecule has 1 N–H and O–H groups in total. The summed E-state index contributed by atoms with van der Waals surface area (Å²) in [6.07, 6.45) is 6.41. The molecule has 2 unspecified atom stereocenters. The van der Waals surface area contributed by atoms with Crippen molar-refractivity contribution in [3.63, 3.8) is 0 Å². The van der Waals surface area contributed by atoms with Crippen LogP contribution in [0.4, 0.5) is 0 Å². The maximum Gasteiger partial charge on any atom is 0.226 e. The third-order valence-corrected chi connectivity index (χ3v) is 9.70. The second-order valence-electron chi connectivity index (χ2n) is 10.3. The summed E-state index contributed by atoms with van der Waals surface area (Å²) < 4.78 is 25.1. The average Bonchev–Trinajstić information content (AvgIpc) is 2.73. The van der Waals surface area contributed by atoms with Crippen molar-refractivity contribution in [3.8, 4) is 0 Å². The Labute approximate surface area is 185 Å². The molecule has 5 heteroatoms. The van der Waals surface area contributed by atoms with Crippen LogP contribution in [0.2, 0.25) is 0 Å². The van der Waals surface area contributed by atoms with E-state index in [1.54, 1.807) is 30.3 Å². The van der Waals surface area contributed by atoms with E-state index in [9.17, 15) is 13.2 Å². The summed E-state index contributed by atoms with van der Waals surface area (Å²) in [6.45, 7) is 2.28. The van der Waals surface area contributed by atoms with E-state index in [1.165, 1.54) is 30.4 Å². The number of sulfone groups is 1. The molecule has 4 nitrogen and oxygen atoms in total. The predicted molar refractivity (Wildman–Crippen MR) is 121 cm³/mol. The van der Waals surface area contributed by atoms with Gasteiger partial charge in [-0.05, 0) is 80.4 Å². The molecule has 2 aromatic rings. The van der Waals surface area contributed by atoms with Gasteiger partial charge in [-0.15, -0.1) is 0 Å². The normalized spacial score (nSPS) is 31.5. The number of carbonyl (C=O) groups is 1. The van der Waals surface area contributed by atoms with Crippen molar-refractivity contribution in [1.29, 1.82) is 0 Å². The molecule has 0 aliphatic heterocycles. The second-order valence-corrected chi connectivity index (χ2v) is 12.4. The van der Waals surface area contributed by atoms with E-state index in [4.69, 9.17) is 0 Å². The molecule has 31 heavy (non-hydrogen) atoms. The number of benzene rings is 2. The van der Waals surface area contributed by atoms with Crippen molar-refractivity contribution in [3.05, 3.63) is 65.7 Å². The molecule has 4 bridgehead atoms. The first-order valence-corrected chi connectivity index (χ1v) is 13.1. The molecule has 0 spiro atoms. The van der Waals surface area contributed by atoms with Crippen LogP contribution in [0, 0.1) is 24.2 Å². The highest BCUT2D eigenvalue weighted by atomic mass is 32.2. The predicted octanol–water partition coefficient (Wildman–Crippen LogP) is 4.42. The van der Waals surface area contributed by atoms with Crippen molar-refractivity contribution >= 4 is 15.7 Å². The fourth-order valence-corrected chi connectivity index (χ4v) is 8.18. The third-order valence-electron chi connectivity index (χ3n) is 7.97. The molecule has 2 aromatic carbocycles. The van der Waals surface area contributed by atoms with Crippen LogP contribution in [0.3, 0.4) is 0 Å². The van der Waals surface area contributed by atoms with Crippen molar-refractivity contribution < 1.29 is 13.2 Å². The van der Waals surface area contributed by atoms with E-state index in [-0.39, 0.29) is 29.0 Å². The zero-order chi connectivity index (χ0) is 21.7. The monoisotopic (exact) mass is 437 g/mol. The van der Waals surface area contributed by atoms with Gasteiger partial charge in [0, 0.05) is 6.54 Å². The number of hydrogen-bond donors (Lipinski definition) is 1. The number of amides is 1. The van der Waals surface area contributed by atoms with Gasteiger partial charge in [0.15, 0.2) is 9.84 Å². The van der Waals surface area contributed by atoms with Crippen molar-refractivity contribution in [1.82, 2.24) is 5.32 Å². The Morgan fingerprint density at radius 3 is 2.26 bits per heavy atom. The molecule has 4 fully saturated rings. The van der Waals surface area contributed by atoms with E-state index in [1.807, 2.05) is 0 Å². The Morgan fingerprint density at radius 1 is 0.968 bits per heavy atom. The smallest absolute Gasteiger partial charge is 0.226 e. The average molecular weight is 438 g/mol. The van der Waals surface area contributed by atoms with Crippen LogP contribution >= 0.6 is 0 Å². The van der Waals surface area contributed by atoms with Crippen LogP contribution in [0.25, 0.3) is 0 Å². The topological polar surface area (TPSA) is 63.2 Å². The zero-order valence-corrected chi connectivity index (χ0v) is 19.0. The fourth-order valence-electron chi connectivity index (χ4n) is 7.01. The summed E-state index contributed by atoms with van der Waals surface area (Å²) in [5.41, 5.74) is 2.41. The lowest BCUT2D eigenvalue weighted by atomic mass is 9.42. The molecule has 1 amide bonds. The Bertz CT molecular complexity index is 1060. The lowest BCUT2D eigenvalue weighted by molar-refractivity contribution is -0.149. The molecule has 164 valence electrons. The van der Waals surface area contributed by atoms with E-state index >= 15 is 0 Å². The molecule has 0 heterocycles. The first-order chi connectivity index (χ1) is 14.8. The van der Waals surface area contributed by atoms with Crippen LogP contribution in [-0.4, -0.2) is 26.6 Å². The highest BCUT2D eigenvalue weighted by molar-refractivity contribution is 7.91. The summed E-state index contributed by atoms with van der Waals surface area (Å²) >= 11 is 0. The number of carbonyl (C=O) groups excluding carboxylic acids is 1. The Balaban J connectivity index is 1.32. The van der Waals surface area contributed by atoms with Crippen molar-refractivity contribution in [2.24, 2.45) is 17.3 Å². The van der Waals surface area contributed by atoms with Crippen LogP contribution in [-0.2, 0) is 20.0 Å². The fraction of sp³-hybridized carbons (Fsp3) is 0.500. The van der Waals surface area contributed by atoms with Gasteiger partial charge in [-0.25, -0.2) is 8.42 Å². The van der Waals surface area contributed by atoms with Gasteiger partial charge >= 0.3 is 0 Å². The highest BCUT2D eigenvalue weighted by Crippen LogP contribution is 2.65. The maximum atomic E-state index is 13.4. The molecule has 2 atom stereocenters. The van der Waals surface area contributed by atoms with Crippen LogP contribution in [0.15, 0.2) is 59.5 Å². The maximum absolute atomic E-state index is 13.4. The molecule has 4 aliphatic rings. The quantitative estimate of drug-likeness (QED) is 0.727. The minimum absolute atomic E-state index is 0.0607. The molecule has 0 aromatic heterocycles. The third kappa shape index (κ3) is 3.71. The minimum atomic E-state index is -3.39. The second kappa shape index (κ2) is 7.47. The molecule has 4 saturated carbocycles. The first-order valence-electron chi connectivity index (χ1n) is 11.4. The number of hydrogen-bond acceptors (Lipinski definition) is 3. The summed E-state index contributed by atoms with van der Waals surface area (Å²) in [7, 11) is -3.39. The standard InChI is InChI=1S/C26H31NO3S/c1-19-7-9-22(10-8-19)25-14-20-13-21(15-25)17-26(16-20,18-25)24(28)27-11-12-31(29,30)23-5-3-2-4-6-23/h2-10,20-21H,11-18H2,1H3,(H,27,28). The van der Waals surface area contributed by atoms with Gasteiger partial charge in [0.1, 0.15) is 0 Å². The van der Waals surface area contributed by atoms with Crippen LogP contribution < -0.4 is 5.32 Å². The number of rotatable bonds is 6. The van der Waals surface area contributed by atoms with E-state index in [0.717, 1.165) is 19.3 Å². The molecule has 0 saturated heterocycles. The summed E-state index contributed by atoms with van der Waals surface area (Å²) in [4.78, 5) is 13.8. The molecule has 6 rings (SSSR count). The number of aryl methyl sites for hydroxylation is 1. The summed E-state index contributed by atoms with van der Waals surface area (Å²) in [6, 6.07) is 17.4. The Kier molecular flexibility index (Phi) is 5.00. The summed E-state index contributed by atoms with van der Waals surface area (Å²) in [5, 5.41) is 3.03. The van der Waals surface area contributed by atoms with Gasteiger partial charge in [0.2, 0.25) is 5.91 Å². The zero-order valence-electron chi connectivity index (χ0n) is 18.1. The van der Waals surface area contributed by atoms with Gasteiger partial charge in [0.05, 0.1) is 16.1 Å². The number of nitrogens with one attached hydrogen (secondary N) is 1. The van der Waals surface area contributed by atoms with Crippen LogP contribution in [0.1, 0.15) is 49.7 Å². The molecule has 4 aliphatic carbocycles. The van der Waals surface area contributed by atoms with Gasteiger partial charge in [0.25, 0.3) is 0 Å². The van der Waals surface area contributed by atoms with E-state index in [0.29, 0.717) is 16.7 Å². The Morgan fingerprint density at radius 2 is 1.61 bits per heavy atom. The van der Waals surface area contributed by atoms with Gasteiger partial charge in [-0.3, -0.25) is 4.79 Å². The highest BCUT2D eigenvalue weighted by Gasteiger charge is 2.60. The molecular formula is C26H31NO3S. The lowest BCUT2D eigenvalue weighted by Gasteiger charge is -2.61. The Hall–Kier alpha value is -2.14. The first kappa shape index (κ1) is 20.7. The van der Waals surface area contributed by atoms with E-state index < -0.39 is 9.84 Å². The van der Waals surface area contributed by atoms with Gasteiger partial charge in [-0.1, -0.05) is 48.0 Å². The van der Waals surface area contributed by atoms with Crippen molar-refractivity contribution in [2.75, 3.05) is 12.3 Å². The van der Waals surface area contributed by atoms with E-state index in [2.05, 4.69) is 36.5 Å². The SMILES string of the molecule is Cc1ccc(C23CC4CC(CC(C(=O)NCCS(=O)(=O)c5ccccc5)(C4)C2)C3)cc1. The molecular weight excluding hydrogens is 406 g/mol. The lowest BCUT2D eigenvalue weighted by Crippen LogP contribution is -2.59. The molecule has 0 radical (unpaired) electrons. The van der Waals surface area contributed by atoms with Gasteiger partial charge < -0.3 is 5.32 Å². The summed E-state index contributed by atoms with van der Waals surface area (Å²) in [5.74, 6) is 1.21. The van der Waals surface area contributed by atoms with Crippen molar-refractivity contribution in [2.45, 2.75) is 55.8 Å². The van der Waals surface area contributed by atoms with Crippen LogP contribution in [0.5, 0.6) is 0 Å².